The third-order valence-electron chi connectivity index (χ3n) is 5.35. The number of fused-ring (bicyclic) bond motifs is 1. The zero-order valence-electron chi connectivity index (χ0n) is 16.2. The molecule has 0 radical (unpaired) electrons. The Bertz CT molecular complexity index is 987. The molecule has 1 aromatic heterocycles. The number of carboxylic acids is 1. The number of hydrogen-bond donors (Lipinski definition) is 5. The van der Waals surface area contributed by atoms with Crippen molar-refractivity contribution in [2.24, 2.45) is 5.92 Å². The molecular weight excluding hydrogens is 374 g/mol. The van der Waals surface area contributed by atoms with Gasteiger partial charge in [0.1, 0.15) is 11.4 Å². The minimum atomic E-state index is -1.14. The van der Waals surface area contributed by atoms with Crippen LogP contribution in [0.15, 0.2) is 24.4 Å². The molecule has 2 aromatic rings. The molecule has 152 valence electrons. The van der Waals surface area contributed by atoms with Gasteiger partial charge < -0.3 is 26.2 Å². The average Bonchev–Trinajstić information content (AvgIpc) is 3.47. The Hall–Kier alpha value is -3.20. The van der Waals surface area contributed by atoms with Crippen LogP contribution in [0, 0.1) is 5.92 Å². The van der Waals surface area contributed by atoms with Gasteiger partial charge in [-0.15, -0.1) is 0 Å². The Morgan fingerprint density at radius 1 is 1.38 bits per heavy atom. The van der Waals surface area contributed by atoms with E-state index in [2.05, 4.69) is 25.9 Å². The molecule has 5 N–H and O–H groups in total. The van der Waals surface area contributed by atoms with E-state index < -0.39 is 11.5 Å². The number of amides is 1. The Balaban J connectivity index is 1.62. The maximum atomic E-state index is 12.0. The summed E-state index contributed by atoms with van der Waals surface area (Å²) in [5.41, 5.74) is 1.63. The Morgan fingerprint density at radius 3 is 2.79 bits per heavy atom. The molecule has 9 nitrogen and oxygen atoms in total. The van der Waals surface area contributed by atoms with E-state index in [-0.39, 0.29) is 35.9 Å². The molecule has 1 saturated carbocycles. The molecule has 9 heteroatoms. The summed E-state index contributed by atoms with van der Waals surface area (Å²) in [7, 11) is 0. The quantitative estimate of drug-likeness (QED) is 0.479. The Kier molecular flexibility index (Phi) is 4.62. The van der Waals surface area contributed by atoms with Crippen LogP contribution in [0.2, 0.25) is 0 Å². The van der Waals surface area contributed by atoms with Gasteiger partial charge in [-0.3, -0.25) is 4.79 Å². The number of aliphatic hydroxyl groups excluding tert-OH is 1. The molecule has 2 heterocycles. The lowest BCUT2D eigenvalue weighted by atomic mass is 9.94. The van der Waals surface area contributed by atoms with E-state index in [1.807, 2.05) is 19.9 Å². The van der Waals surface area contributed by atoms with Crippen LogP contribution in [0.3, 0.4) is 0 Å². The molecule has 0 bridgehead atoms. The van der Waals surface area contributed by atoms with Gasteiger partial charge in [0.25, 0.3) is 5.91 Å². The van der Waals surface area contributed by atoms with Crippen molar-refractivity contribution in [2.75, 3.05) is 17.2 Å². The lowest BCUT2D eigenvalue weighted by molar-refractivity contribution is 0.0696. The highest BCUT2D eigenvalue weighted by Crippen LogP contribution is 2.35. The molecule has 0 saturated heterocycles. The second kappa shape index (κ2) is 7.00. The Morgan fingerprint density at radius 2 is 2.14 bits per heavy atom. The van der Waals surface area contributed by atoms with Crippen LogP contribution < -0.4 is 16.0 Å². The molecule has 2 aliphatic rings. The molecule has 1 aromatic carbocycles. The number of carbonyl (C=O) groups excluding carboxylic acids is 1. The van der Waals surface area contributed by atoms with Crippen LogP contribution in [0.5, 0.6) is 0 Å². The van der Waals surface area contributed by atoms with E-state index in [1.165, 1.54) is 6.20 Å². The van der Waals surface area contributed by atoms with Crippen molar-refractivity contribution < 1.29 is 19.8 Å². The molecule has 1 aliphatic heterocycles. The first-order valence-electron chi connectivity index (χ1n) is 9.50. The van der Waals surface area contributed by atoms with Gasteiger partial charge in [-0.1, -0.05) is 0 Å². The van der Waals surface area contributed by atoms with Crippen molar-refractivity contribution in [3.63, 3.8) is 0 Å². The van der Waals surface area contributed by atoms with Gasteiger partial charge in [0.05, 0.1) is 18.2 Å². The zero-order valence-corrected chi connectivity index (χ0v) is 16.2. The highest BCUT2D eigenvalue weighted by atomic mass is 16.4. The summed E-state index contributed by atoms with van der Waals surface area (Å²) < 4.78 is 0. The van der Waals surface area contributed by atoms with Crippen LogP contribution in [-0.2, 0) is 5.54 Å². The van der Waals surface area contributed by atoms with Gasteiger partial charge in [0, 0.05) is 17.4 Å². The van der Waals surface area contributed by atoms with E-state index in [0.29, 0.717) is 17.2 Å². The molecule has 1 amide bonds. The highest BCUT2D eigenvalue weighted by molar-refractivity contribution is 6.00. The summed E-state index contributed by atoms with van der Waals surface area (Å²) in [6, 6.07) is 5.10. The number of nitrogens with zero attached hydrogens (tertiary/aromatic N) is 2. The first-order valence-corrected chi connectivity index (χ1v) is 9.50. The number of aromatic carboxylic acids is 1. The lowest BCUT2D eigenvalue weighted by Gasteiger charge is -2.20. The number of aromatic nitrogens is 2. The third kappa shape index (κ3) is 3.73. The third-order valence-corrected chi connectivity index (χ3v) is 5.35. The number of benzene rings is 1. The number of carbonyl (C=O) groups is 2. The second-order valence-electron chi connectivity index (χ2n) is 8.00. The van der Waals surface area contributed by atoms with E-state index in [1.54, 1.807) is 12.1 Å². The van der Waals surface area contributed by atoms with Crippen LogP contribution in [-0.4, -0.2) is 44.7 Å². The number of nitrogens with one attached hydrogen (secondary N) is 3. The highest BCUT2D eigenvalue weighted by Gasteiger charge is 2.35. The summed E-state index contributed by atoms with van der Waals surface area (Å²) in [4.78, 5) is 32.0. The van der Waals surface area contributed by atoms with Gasteiger partial charge in [-0.05, 0) is 56.4 Å². The van der Waals surface area contributed by atoms with Crippen LogP contribution >= 0.6 is 0 Å². The lowest BCUT2D eigenvalue weighted by Crippen LogP contribution is -2.32. The van der Waals surface area contributed by atoms with E-state index in [4.69, 9.17) is 0 Å². The topological polar surface area (TPSA) is 136 Å². The van der Waals surface area contributed by atoms with E-state index in [0.717, 1.165) is 18.4 Å². The van der Waals surface area contributed by atoms with Gasteiger partial charge in [0.2, 0.25) is 5.95 Å². The van der Waals surface area contributed by atoms with Crippen molar-refractivity contribution >= 4 is 29.3 Å². The summed E-state index contributed by atoms with van der Waals surface area (Å²) in [5, 5.41) is 28.1. The first-order chi connectivity index (χ1) is 13.8. The van der Waals surface area contributed by atoms with Crippen molar-refractivity contribution in [3.8, 4) is 0 Å². The van der Waals surface area contributed by atoms with Gasteiger partial charge >= 0.3 is 5.97 Å². The number of carboxylic acid groups (broad SMARTS) is 1. The normalized spacial score (nSPS) is 18.0. The zero-order chi connectivity index (χ0) is 20.8. The SMILES string of the molecule is CC1(C)NC(=O)c2ccc(Nc3ncc(C(=O)O)c(NC(CO)C4CC4)n3)cc21. The number of aliphatic hydroxyl groups is 1. The van der Waals surface area contributed by atoms with Crippen molar-refractivity contribution in [1.29, 1.82) is 0 Å². The smallest absolute Gasteiger partial charge is 0.341 e. The molecular formula is C20H23N5O4. The minimum absolute atomic E-state index is 0.0560. The van der Waals surface area contributed by atoms with Crippen molar-refractivity contribution in [3.05, 3.63) is 41.1 Å². The molecule has 29 heavy (non-hydrogen) atoms. The predicted octanol–water partition coefficient (Wildman–Crippen LogP) is 2.08. The van der Waals surface area contributed by atoms with Crippen LogP contribution in [0.1, 0.15) is 53.0 Å². The largest absolute Gasteiger partial charge is 0.477 e. The molecule has 1 unspecified atom stereocenters. The van der Waals surface area contributed by atoms with E-state index in [9.17, 15) is 19.8 Å². The predicted molar refractivity (Wildman–Crippen MR) is 106 cm³/mol. The first kappa shape index (κ1) is 19.1. The second-order valence-corrected chi connectivity index (χ2v) is 8.00. The summed E-state index contributed by atoms with van der Waals surface area (Å²) >= 11 is 0. The standard InChI is InChI=1S/C20H23N5O4/c1-20(2)14-7-11(5-6-12(14)17(27)25-20)22-19-21-8-13(18(28)29)16(24-19)23-15(9-26)10-3-4-10/h5-8,10,15,26H,3-4,9H2,1-2H3,(H,25,27)(H,28,29)(H2,21,22,23,24). The fourth-order valence-electron chi connectivity index (χ4n) is 3.58. The minimum Gasteiger partial charge on any atom is -0.477 e. The maximum absolute atomic E-state index is 12.0. The number of anilines is 3. The molecule has 1 fully saturated rings. The fraction of sp³-hybridized carbons (Fsp3) is 0.400. The molecule has 1 aliphatic carbocycles. The monoisotopic (exact) mass is 397 g/mol. The molecule has 1 atom stereocenters. The Labute approximate surface area is 167 Å². The maximum Gasteiger partial charge on any atom is 0.341 e. The molecule has 4 rings (SSSR count). The summed E-state index contributed by atoms with van der Waals surface area (Å²) in [6.45, 7) is 3.75. The van der Waals surface area contributed by atoms with Crippen LogP contribution in [0.4, 0.5) is 17.5 Å². The number of rotatable bonds is 7. The summed E-state index contributed by atoms with van der Waals surface area (Å²) in [5.74, 6) is -0.549. The van der Waals surface area contributed by atoms with Gasteiger partial charge in [0.15, 0.2) is 0 Å². The van der Waals surface area contributed by atoms with Gasteiger partial charge in [-0.2, -0.15) is 4.98 Å². The molecule has 0 spiro atoms. The van der Waals surface area contributed by atoms with Crippen LogP contribution in [0.25, 0.3) is 0 Å². The fourth-order valence-corrected chi connectivity index (χ4v) is 3.58. The number of hydrogen-bond acceptors (Lipinski definition) is 7. The van der Waals surface area contributed by atoms with Crippen molar-refractivity contribution in [2.45, 2.75) is 38.3 Å². The van der Waals surface area contributed by atoms with E-state index >= 15 is 0 Å². The average molecular weight is 397 g/mol. The summed E-state index contributed by atoms with van der Waals surface area (Å²) in [6.07, 6.45) is 3.23. The van der Waals surface area contributed by atoms with Gasteiger partial charge in [-0.25, -0.2) is 9.78 Å². The van der Waals surface area contributed by atoms with Crippen molar-refractivity contribution in [1.82, 2.24) is 15.3 Å².